The summed E-state index contributed by atoms with van der Waals surface area (Å²) in [7, 11) is 1.58. The number of hydrogen-bond donors (Lipinski definition) is 2. The van der Waals surface area contributed by atoms with Crippen LogP contribution in [0.3, 0.4) is 0 Å². The lowest BCUT2D eigenvalue weighted by Gasteiger charge is -2.38. The number of ether oxygens (including phenoxy) is 1. The van der Waals surface area contributed by atoms with Crippen molar-refractivity contribution in [1.29, 1.82) is 0 Å². The second kappa shape index (κ2) is 10.5. The molecular formula is C25H26ClN5O3. The third-order valence-corrected chi connectivity index (χ3v) is 6.21. The summed E-state index contributed by atoms with van der Waals surface area (Å²) >= 11 is 5.93. The Kier molecular flexibility index (Phi) is 7.27. The molecule has 1 aliphatic heterocycles. The van der Waals surface area contributed by atoms with Crippen LogP contribution in [-0.2, 0) is 0 Å². The molecule has 2 atom stereocenters. The highest BCUT2D eigenvalue weighted by Gasteiger charge is 2.35. The fourth-order valence-corrected chi connectivity index (χ4v) is 4.19. The van der Waals surface area contributed by atoms with Gasteiger partial charge in [0.15, 0.2) is 0 Å². The van der Waals surface area contributed by atoms with E-state index in [0.29, 0.717) is 41.5 Å². The quantitative estimate of drug-likeness (QED) is 0.569. The van der Waals surface area contributed by atoms with Crippen molar-refractivity contribution < 1.29 is 14.3 Å². The number of rotatable bonds is 5. The first-order valence-electron chi connectivity index (χ1n) is 11.0. The Bertz CT molecular complexity index is 1150. The van der Waals surface area contributed by atoms with Crippen LogP contribution in [0.5, 0.6) is 5.75 Å². The SMILES string of the molecule is COc1ccc([C@@H]2CN(C(=O)c3cnccc3C)CC[C@H]2NC(=O)Nc2ccc(Cl)cc2)nc1. The molecule has 0 bridgehead atoms. The van der Waals surface area contributed by atoms with E-state index in [1.807, 2.05) is 25.1 Å². The van der Waals surface area contributed by atoms with Gasteiger partial charge in [0, 0.05) is 53.8 Å². The second-order valence-corrected chi connectivity index (χ2v) is 8.61. The van der Waals surface area contributed by atoms with E-state index in [4.69, 9.17) is 16.3 Å². The number of pyridine rings is 2. The van der Waals surface area contributed by atoms with E-state index in [1.54, 1.807) is 54.9 Å². The van der Waals surface area contributed by atoms with E-state index >= 15 is 0 Å². The van der Waals surface area contributed by atoms with Gasteiger partial charge in [0.05, 0.1) is 18.9 Å². The Morgan fingerprint density at radius 3 is 2.59 bits per heavy atom. The summed E-state index contributed by atoms with van der Waals surface area (Å²) in [5.41, 5.74) is 2.87. The first-order chi connectivity index (χ1) is 16.4. The number of carbonyl (C=O) groups excluding carboxylic acids is 2. The highest BCUT2D eigenvalue weighted by Crippen LogP contribution is 2.29. The van der Waals surface area contributed by atoms with Crippen molar-refractivity contribution in [1.82, 2.24) is 20.2 Å². The number of nitrogens with zero attached hydrogens (tertiary/aromatic N) is 3. The van der Waals surface area contributed by atoms with Crippen molar-refractivity contribution in [3.63, 3.8) is 0 Å². The van der Waals surface area contributed by atoms with Crippen molar-refractivity contribution in [2.24, 2.45) is 0 Å². The molecule has 0 spiro atoms. The van der Waals surface area contributed by atoms with Crippen molar-refractivity contribution >= 4 is 29.2 Å². The van der Waals surface area contributed by atoms with Crippen LogP contribution in [0.2, 0.25) is 5.02 Å². The number of anilines is 1. The molecule has 4 rings (SSSR count). The van der Waals surface area contributed by atoms with Gasteiger partial charge in [-0.3, -0.25) is 14.8 Å². The van der Waals surface area contributed by atoms with Gasteiger partial charge in [0.25, 0.3) is 5.91 Å². The minimum Gasteiger partial charge on any atom is -0.495 e. The van der Waals surface area contributed by atoms with Crippen LogP contribution in [0.15, 0.2) is 61.1 Å². The molecule has 3 aromatic rings. The average molecular weight is 480 g/mol. The number of hydrogen-bond acceptors (Lipinski definition) is 5. The predicted molar refractivity (Wildman–Crippen MR) is 130 cm³/mol. The summed E-state index contributed by atoms with van der Waals surface area (Å²) in [5.74, 6) is 0.369. The van der Waals surface area contributed by atoms with Crippen LogP contribution in [0.25, 0.3) is 0 Å². The number of amides is 3. The van der Waals surface area contributed by atoms with E-state index in [9.17, 15) is 9.59 Å². The summed E-state index contributed by atoms with van der Waals surface area (Å²) < 4.78 is 5.23. The lowest BCUT2D eigenvalue weighted by atomic mass is 9.88. The van der Waals surface area contributed by atoms with Gasteiger partial charge >= 0.3 is 6.03 Å². The molecule has 1 fully saturated rings. The highest BCUT2D eigenvalue weighted by atomic mass is 35.5. The fraction of sp³-hybridized carbons (Fsp3) is 0.280. The molecule has 0 radical (unpaired) electrons. The van der Waals surface area contributed by atoms with Crippen LogP contribution in [0.1, 0.15) is 34.0 Å². The van der Waals surface area contributed by atoms with Gasteiger partial charge in [-0.15, -0.1) is 0 Å². The normalized spacial score (nSPS) is 17.7. The molecule has 3 heterocycles. The van der Waals surface area contributed by atoms with Crippen LogP contribution in [0, 0.1) is 6.92 Å². The third kappa shape index (κ3) is 5.46. The van der Waals surface area contributed by atoms with Gasteiger partial charge in [0.2, 0.25) is 0 Å². The number of benzene rings is 1. The van der Waals surface area contributed by atoms with Crippen LogP contribution < -0.4 is 15.4 Å². The van der Waals surface area contributed by atoms with Crippen LogP contribution in [-0.4, -0.2) is 53.0 Å². The zero-order valence-corrected chi connectivity index (χ0v) is 19.7. The molecule has 2 N–H and O–H groups in total. The van der Waals surface area contributed by atoms with Crippen LogP contribution >= 0.6 is 11.6 Å². The summed E-state index contributed by atoms with van der Waals surface area (Å²) in [6.07, 6.45) is 5.50. The number of nitrogens with one attached hydrogen (secondary N) is 2. The molecular weight excluding hydrogens is 454 g/mol. The molecule has 9 heteroatoms. The first kappa shape index (κ1) is 23.5. The van der Waals surface area contributed by atoms with Gasteiger partial charge in [-0.2, -0.15) is 0 Å². The smallest absolute Gasteiger partial charge is 0.319 e. The standard InChI is InChI=1S/C25H26ClN5O3/c1-16-9-11-27-14-20(16)24(32)31-12-10-23(21(15-31)22-8-7-19(34-2)13-28-22)30-25(33)29-18-5-3-17(26)4-6-18/h3-9,11,13-14,21,23H,10,12,15H2,1-2H3,(H2,29,30,33)/t21-,23+/m0/s1. The number of urea groups is 1. The molecule has 0 saturated carbocycles. The summed E-state index contributed by atoms with van der Waals surface area (Å²) in [6.45, 7) is 2.82. The zero-order chi connectivity index (χ0) is 24.1. The number of carbonyl (C=O) groups is 2. The Morgan fingerprint density at radius 2 is 1.91 bits per heavy atom. The molecule has 3 amide bonds. The maximum atomic E-state index is 13.2. The van der Waals surface area contributed by atoms with Crippen molar-refractivity contribution in [3.05, 3.63) is 82.9 Å². The lowest BCUT2D eigenvalue weighted by Crippen LogP contribution is -2.52. The first-order valence-corrected chi connectivity index (χ1v) is 11.4. The molecule has 8 nitrogen and oxygen atoms in total. The highest BCUT2D eigenvalue weighted by molar-refractivity contribution is 6.30. The molecule has 1 saturated heterocycles. The molecule has 176 valence electrons. The molecule has 1 aliphatic rings. The monoisotopic (exact) mass is 479 g/mol. The fourth-order valence-electron chi connectivity index (χ4n) is 4.07. The number of piperidine rings is 1. The minimum absolute atomic E-state index is 0.0758. The lowest BCUT2D eigenvalue weighted by molar-refractivity contribution is 0.0683. The number of methoxy groups -OCH3 is 1. The van der Waals surface area contributed by atoms with Gasteiger partial charge in [-0.25, -0.2) is 4.79 Å². The van der Waals surface area contributed by atoms with Gasteiger partial charge in [-0.1, -0.05) is 11.6 Å². The number of aromatic nitrogens is 2. The van der Waals surface area contributed by atoms with Crippen molar-refractivity contribution in [3.8, 4) is 5.75 Å². The molecule has 0 unspecified atom stereocenters. The number of halogens is 1. The van der Waals surface area contributed by atoms with E-state index in [1.165, 1.54) is 0 Å². The molecule has 0 aliphatic carbocycles. The summed E-state index contributed by atoms with van der Waals surface area (Å²) in [5, 5.41) is 6.50. The van der Waals surface area contributed by atoms with E-state index in [-0.39, 0.29) is 23.9 Å². The minimum atomic E-state index is -0.325. The Hall–Kier alpha value is -3.65. The van der Waals surface area contributed by atoms with E-state index in [2.05, 4.69) is 20.6 Å². The Balaban J connectivity index is 1.53. The van der Waals surface area contributed by atoms with Crippen LogP contribution in [0.4, 0.5) is 10.5 Å². The predicted octanol–water partition coefficient (Wildman–Crippen LogP) is 4.27. The average Bonchev–Trinajstić information content (AvgIpc) is 2.85. The maximum absolute atomic E-state index is 13.2. The van der Waals surface area contributed by atoms with Gasteiger partial charge in [0.1, 0.15) is 5.75 Å². The Labute approximate surface area is 203 Å². The zero-order valence-electron chi connectivity index (χ0n) is 19.0. The molecule has 1 aromatic carbocycles. The van der Waals surface area contributed by atoms with Gasteiger partial charge < -0.3 is 20.3 Å². The topological polar surface area (TPSA) is 96.5 Å². The van der Waals surface area contributed by atoms with Crippen molar-refractivity contribution in [2.75, 3.05) is 25.5 Å². The molecule has 34 heavy (non-hydrogen) atoms. The Morgan fingerprint density at radius 1 is 1.12 bits per heavy atom. The summed E-state index contributed by atoms with van der Waals surface area (Å²) in [6, 6.07) is 11.9. The largest absolute Gasteiger partial charge is 0.495 e. The van der Waals surface area contributed by atoms with Gasteiger partial charge in [-0.05, 0) is 61.4 Å². The second-order valence-electron chi connectivity index (χ2n) is 8.17. The van der Waals surface area contributed by atoms with E-state index < -0.39 is 0 Å². The maximum Gasteiger partial charge on any atom is 0.319 e. The number of likely N-dealkylation sites (tertiary alicyclic amines) is 1. The van der Waals surface area contributed by atoms with E-state index in [0.717, 1.165) is 11.3 Å². The number of aryl methyl sites for hydroxylation is 1. The summed E-state index contributed by atoms with van der Waals surface area (Å²) in [4.78, 5) is 36.4. The molecule has 2 aromatic heterocycles. The van der Waals surface area contributed by atoms with Crippen molar-refractivity contribution in [2.45, 2.75) is 25.3 Å². The third-order valence-electron chi connectivity index (χ3n) is 5.96.